The van der Waals surface area contributed by atoms with Crippen LogP contribution >= 0.6 is 0 Å². The Morgan fingerprint density at radius 3 is 2.61 bits per heavy atom. The molecule has 33 heavy (non-hydrogen) atoms. The molecule has 1 amide bonds. The average molecular weight is 467 g/mol. The number of rotatable bonds is 7. The highest BCUT2D eigenvalue weighted by molar-refractivity contribution is 5.82. The Morgan fingerprint density at radius 2 is 2.00 bits per heavy atom. The van der Waals surface area contributed by atoms with Crippen LogP contribution in [0.4, 0.5) is 0 Å². The van der Waals surface area contributed by atoms with Crippen molar-refractivity contribution in [2.45, 2.75) is 56.5 Å². The predicted molar refractivity (Wildman–Crippen MR) is 110 cm³/mol. The van der Waals surface area contributed by atoms with Crippen molar-refractivity contribution in [3.63, 3.8) is 0 Å². The number of benzene rings is 1. The van der Waals surface area contributed by atoms with E-state index in [9.17, 15) is 39.9 Å². The van der Waals surface area contributed by atoms with Gasteiger partial charge in [0.1, 0.15) is 29.6 Å². The Hall–Kier alpha value is -3.03. The van der Waals surface area contributed by atoms with Gasteiger partial charge in [-0.3, -0.25) is 4.79 Å². The lowest BCUT2D eigenvalue weighted by molar-refractivity contribution is -0.284. The normalized spacial score (nSPS) is 27.0. The number of hydrogen-bond donors (Lipinski definition) is 6. The van der Waals surface area contributed by atoms with Crippen molar-refractivity contribution in [3.8, 4) is 5.75 Å². The first-order chi connectivity index (χ1) is 15.5. The Bertz CT molecular complexity index is 1100. The van der Waals surface area contributed by atoms with Crippen LogP contribution in [0.5, 0.6) is 5.75 Å². The smallest absolute Gasteiger partial charge is 0.377 e. The van der Waals surface area contributed by atoms with Gasteiger partial charge in [-0.25, -0.2) is 9.59 Å². The number of carboxylic acids is 1. The second-order valence-electron chi connectivity index (χ2n) is 7.89. The fourth-order valence-corrected chi connectivity index (χ4v) is 3.79. The number of carboxylic acid groups (broad SMARTS) is 1. The third-order valence-corrected chi connectivity index (χ3v) is 5.39. The SMILES string of the molecule is CC(=O)N[C@H]1[C@H]([C@H](O)[C@H](O)CO)O[C@](Oc2ccc3c(C)cc(=O)oc3c2)(C(=O)O)C[C@@H]1O. The Morgan fingerprint density at radius 1 is 1.30 bits per heavy atom. The molecule has 180 valence electrons. The maximum atomic E-state index is 12.2. The van der Waals surface area contributed by atoms with Gasteiger partial charge in [-0.05, 0) is 24.6 Å². The highest BCUT2D eigenvalue weighted by atomic mass is 16.7. The van der Waals surface area contributed by atoms with E-state index in [1.807, 2.05) is 0 Å². The van der Waals surface area contributed by atoms with Crippen molar-refractivity contribution >= 4 is 22.8 Å². The maximum absolute atomic E-state index is 12.2. The van der Waals surface area contributed by atoms with Crippen LogP contribution < -0.4 is 15.7 Å². The summed E-state index contributed by atoms with van der Waals surface area (Å²) >= 11 is 0. The molecule has 1 fully saturated rings. The molecule has 0 aliphatic carbocycles. The molecule has 1 aromatic heterocycles. The van der Waals surface area contributed by atoms with Crippen molar-refractivity contribution in [2.24, 2.45) is 0 Å². The number of amides is 1. The molecule has 1 aromatic carbocycles. The zero-order valence-corrected chi connectivity index (χ0v) is 17.8. The molecule has 1 aliphatic heterocycles. The summed E-state index contributed by atoms with van der Waals surface area (Å²) < 4.78 is 16.3. The minimum Gasteiger partial charge on any atom is -0.476 e. The van der Waals surface area contributed by atoms with E-state index in [0.29, 0.717) is 10.9 Å². The molecule has 1 saturated heterocycles. The summed E-state index contributed by atoms with van der Waals surface area (Å²) in [5.74, 6) is -4.90. The zero-order chi connectivity index (χ0) is 24.5. The van der Waals surface area contributed by atoms with Crippen LogP contribution in [0.25, 0.3) is 11.0 Å². The number of carbonyl (C=O) groups excluding carboxylic acids is 1. The molecule has 6 N–H and O–H groups in total. The molecule has 0 saturated carbocycles. The van der Waals surface area contributed by atoms with Crippen molar-refractivity contribution in [3.05, 3.63) is 40.2 Å². The zero-order valence-electron chi connectivity index (χ0n) is 17.8. The third kappa shape index (κ3) is 4.99. The number of aliphatic hydroxyl groups is 4. The second kappa shape index (κ2) is 9.45. The molecular weight excluding hydrogens is 442 g/mol. The van der Waals surface area contributed by atoms with E-state index in [0.717, 1.165) is 6.92 Å². The van der Waals surface area contributed by atoms with Crippen LogP contribution in [0.2, 0.25) is 0 Å². The fraction of sp³-hybridized carbons (Fsp3) is 0.476. The molecule has 6 atom stereocenters. The monoisotopic (exact) mass is 467 g/mol. The van der Waals surface area contributed by atoms with E-state index >= 15 is 0 Å². The summed E-state index contributed by atoms with van der Waals surface area (Å²) in [4.78, 5) is 35.5. The van der Waals surface area contributed by atoms with Gasteiger partial charge in [-0.1, -0.05) is 0 Å². The first-order valence-electron chi connectivity index (χ1n) is 10.0. The molecule has 3 rings (SSSR count). The number of hydrogen-bond acceptors (Lipinski definition) is 10. The predicted octanol–water partition coefficient (Wildman–Crippen LogP) is -1.37. The lowest BCUT2D eigenvalue weighted by Gasteiger charge is -2.46. The van der Waals surface area contributed by atoms with Gasteiger partial charge in [-0.2, -0.15) is 0 Å². The Balaban J connectivity index is 2.01. The van der Waals surface area contributed by atoms with Gasteiger partial charge >= 0.3 is 17.4 Å². The van der Waals surface area contributed by atoms with Crippen molar-refractivity contribution in [1.29, 1.82) is 0 Å². The van der Waals surface area contributed by atoms with Gasteiger partial charge in [0.25, 0.3) is 0 Å². The minimum atomic E-state index is -2.55. The Labute approximate surface area is 187 Å². The minimum absolute atomic E-state index is 0.0835. The number of carbonyl (C=O) groups is 2. The number of fused-ring (bicyclic) bond motifs is 1. The molecule has 2 heterocycles. The molecule has 12 heteroatoms. The van der Waals surface area contributed by atoms with E-state index in [-0.39, 0.29) is 11.3 Å². The van der Waals surface area contributed by atoms with Crippen molar-refractivity contribution < 1.29 is 49.0 Å². The summed E-state index contributed by atoms with van der Waals surface area (Å²) in [6, 6.07) is 4.21. The topological polar surface area (TPSA) is 196 Å². The fourth-order valence-electron chi connectivity index (χ4n) is 3.79. The molecule has 0 unspecified atom stereocenters. The van der Waals surface area contributed by atoms with Gasteiger partial charge in [0.15, 0.2) is 0 Å². The first-order valence-corrected chi connectivity index (χ1v) is 10.0. The first kappa shape index (κ1) is 24.6. The van der Waals surface area contributed by atoms with Crippen LogP contribution in [-0.2, 0) is 14.3 Å². The molecule has 0 bridgehead atoms. The number of ether oxygens (including phenoxy) is 2. The summed E-state index contributed by atoms with van der Waals surface area (Å²) in [5, 5.41) is 53.0. The van der Waals surface area contributed by atoms with E-state index in [1.165, 1.54) is 18.2 Å². The average Bonchev–Trinajstić information content (AvgIpc) is 2.73. The second-order valence-corrected chi connectivity index (χ2v) is 7.89. The number of aliphatic carboxylic acids is 1. The van der Waals surface area contributed by atoms with E-state index < -0.39 is 66.8 Å². The summed E-state index contributed by atoms with van der Waals surface area (Å²) in [7, 11) is 0. The summed E-state index contributed by atoms with van der Waals surface area (Å²) in [6.45, 7) is 1.94. The summed E-state index contributed by atoms with van der Waals surface area (Å²) in [6.07, 6.45) is -7.56. The molecule has 2 aromatic rings. The summed E-state index contributed by atoms with van der Waals surface area (Å²) in [5.41, 5.74) is 0.135. The van der Waals surface area contributed by atoms with E-state index in [2.05, 4.69) is 5.32 Å². The molecular formula is C21H25NO11. The molecule has 12 nitrogen and oxygen atoms in total. The maximum Gasteiger partial charge on any atom is 0.377 e. The van der Waals surface area contributed by atoms with Crippen LogP contribution in [0.15, 0.2) is 33.5 Å². The van der Waals surface area contributed by atoms with Gasteiger partial charge < -0.3 is 44.7 Å². The largest absolute Gasteiger partial charge is 0.476 e. The Kier molecular flexibility index (Phi) is 7.05. The van der Waals surface area contributed by atoms with Crippen LogP contribution in [0, 0.1) is 6.92 Å². The van der Waals surface area contributed by atoms with Crippen LogP contribution in [0.1, 0.15) is 18.9 Å². The van der Waals surface area contributed by atoms with E-state index in [1.54, 1.807) is 13.0 Å². The van der Waals surface area contributed by atoms with E-state index in [4.69, 9.17) is 13.9 Å². The molecule has 0 radical (unpaired) electrons. The van der Waals surface area contributed by atoms with Gasteiger partial charge in [0.2, 0.25) is 5.91 Å². The number of aliphatic hydroxyl groups excluding tert-OH is 4. The highest BCUT2D eigenvalue weighted by Crippen LogP contribution is 2.35. The number of aryl methyl sites for hydroxylation is 1. The quantitative estimate of drug-likeness (QED) is 0.263. The van der Waals surface area contributed by atoms with Crippen molar-refractivity contribution in [1.82, 2.24) is 5.32 Å². The highest BCUT2D eigenvalue weighted by Gasteiger charge is 2.56. The molecule has 1 aliphatic rings. The molecule has 0 spiro atoms. The number of nitrogens with one attached hydrogen (secondary N) is 1. The van der Waals surface area contributed by atoms with Gasteiger partial charge in [-0.15, -0.1) is 0 Å². The van der Waals surface area contributed by atoms with Crippen molar-refractivity contribution in [2.75, 3.05) is 6.61 Å². The van der Waals surface area contributed by atoms with Crippen LogP contribution in [-0.4, -0.2) is 80.3 Å². The van der Waals surface area contributed by atoms with Gasteiger partial charge in [0.05, 0.1) is 25.2 Å². The standard InChI is InChI=1S/C21H25NO11/c1-9-5-16(27)31-15-6-11(3-4-12(9)15)32-21(20(29)30)7-13(25)17(22-10(2)24)19(33-21)18(28)14(26)8-23/h3-6,13-14,17-19,23,25-26,28H,7-8H2,1-2H3,(H,22,24)(H,29,30)/t13-,14+,17+,18+,19+,21-/m0/s1. The van der Waals surface area contributed by atoms with Crippen LogP contribution in [0.3, 0.4) is 0 Å². The third-order valence-electron chi connectivity index (χ3n) is 5.39. The lowest BCUT2D eigenvalue weighted by Crippen LogP contribution is -2.68. The van der Waals surface area contributed by atoms with Gasteiger partial charge in [0, 0.05) is 24.4 Å². The lowest BCUT2D eigenvalue weighted by atomic mass is 9.88.